The fourth-order valence-electron chi connectivity index (χ4n) is 2.01. The lowest BCUT2D eigenvalue weighted by molar-refractivity contribution is -0.120. The maximum Gasteiger partial charge on any atom is 0.239 e. The number of amides is 1. The minimum absolute atomic E-state index is 0.0397. The van der Waals surface area contributed by atoms with Gasteiger partial charge in [0.2, 0.25) is 5.91 Å². The van der Waals surface area contributed by atoms with E-state index < -0.39 is 0 Å². The van der Waals surface area contributed by atoms with Gasteiger partial charge in [-0.25, -0.2) is 0 Å². The van der Waals surface area contributed by atoms with Crippen molar-refractivity contribution in [2.24, 2.45) is 0 Å². The van der Waals surface area contributed by atoms with Crippen molar-refractivity contribution >= 4 is 11.6 Å². The van der Waals surface area contributed by atoms with Crippen LogP contribution >= 0.6 is 0 Å². The van der Waals surface area contributed by atoms with Crippen LogP contribution in [0.4, 0.5) is 5.69 Å². The fraction of sp³-hybridized carbons (Fsp3) is 0.235. The number of rotatable bonds is 6. The molecule has 0 heterocycles. The minimum atomic E-state index is -0.0408. The van der Waals surface area contributed by atoms with Gasteiger partial charge in [-0.05, 0) is 36.8 Å². The average Bonchev–Trinajstić information content (AvgIpc) is 2.54. The first-order chi connectivity index (χ1) is 10.2. The van der Waals surface area contributed by atoms with Gasteiger partial charge < -0.3 is 15.4 Å². The Morgan fingerprint density at radius 3 is 2.38 bits per heavy atom. The van der Waals surface area contributed by atoms with E-state index in [1.54, 1.807) is 7.11 Å². The Morgan fingerprint density at radius 2 is 1.76 bits per heavy atom. The summed E-state index contributed by atoms with van der Waals surface area (Å²) in [6.07, 6.45) is 0. The summed E-state index contributed by atoms with van der Waals surface area (Å²) in [5, 5.41) is 6.05. The molecule has 0 saturated carbocycles. The zero-order chi connectivity index (χ0) is 15.1. The lowest BCUT2D eigenvalue weighted by Crippen LogP contribution is -2.32. The molecule has 1 atom stereocenters. The topological polar surface area (TPSA) is 50.4 Å². The smallest absolute Gasteiger partial charge is 0.239 e. The summed E-state index contributed by atoms with van der Waals surface area (Å²) in [4.78, 5) is 11.9. The molecule has 2 rings (SSSR count). The van der Waals surface area contributed by atoms with E-state index in [4.69, 9.17) is 4.74 Å². The van der Waals surface area contributed by atoms with Crippen LogP contribution in [0.25, 0.3) is 0 Å². The number of carbonyl (C=O) groups excluding carboxylic acids is 1. The highest BCUT2D eigenvalue weighted by Crippen LogP contribution is 2.17. The van der Waals surface area contributed by atoms with Gasteiger partial charge in [0.1, 0.15) is 5.75 Å². The normalized spacial score (nSPS) is 11.5. The molecule has 2 N–H and O–H groups in total. The highest BCUT2D eigenvalue weighted by Gasteiger charge is 2.09. The van der Waals surface area contributed by atoms with E-state index in [0.29, 0.717) is 0 Å². The lowest BCUT2D eigenvalue weighted by Gasteiger charge is -2.15. The van der Waals surface area contributed by atoms with Crippen LogP contribution in [0.2, 0.25) is 0 Å². The Balaban J connectivity index is 1.83. The molecule has 0 radical (unpaired) electrons. The monoisotopic (exact) mass is 284 g/mol. The maximum absolute atomic E-state index is 11.9. The van der Waals surface area contributed by atoms with Crippen LogP contribution in [-0.2, 0) is 4.79 Å². The first-order valence-electron chi connectivity index (χ1n) is 6.91. The largest absolute Gasteiger partial charge is 0.497 e. The number of para-hydroxylation sites is 1. The molecule has 0 aromatic heterocycles. The molecule has 0 unspecified atom stereocenters. The average molecular weight is 284 g/mol. The summed E-state index contributed by atoms with van der Waals surface area (Å²) in [5.41, 5.74) is 1.98. The molecule has 2 aromatic rings. The molecule has 0 aliphatic rings. The second kappa shape index (κ2) is 7.33. The van der Waals surface area contributed by atoms with Gasteiger partial charge in [-0.1, -0.05) is 30.3 Å². The molecule has 4 heteroatoms. The minimum Gasteiger partial charge on any atom is -0.497 e. The molecule has 0 spiro atoms. The van der Waals surface area contributed by atoms with Gasteiger partial charge in [0.05, 0.1) is 19.7 Å². The second-order valence-electron chi connectivity index (χ2n) is 4.78. The van der Waals surface area contributed by atoms with E-state index in [0.717, 1.165) is 17.0 Å². The number of hydrogen-bond acceptors (Lipinski definition) is 3. The van der Waals surface area contributed by atoms with Crippen molar-refractivity contribution in [3.05, 3.63) is 60.2 Å². The molecule has 0 bridgehead atoms. The SMILES string of the molecule is COc1ccc([C@H](C)NC(=O)CNc2ccccc2)cc1. The molecule has 1 amide bonds. The summed E-state index contributed by atoms with van der Waals surface area (Å²) in [5.74, 6) is 0.769. The summed E-state index contributed by atoms with van der Waals surface area (Å²) >= 11 is 0. The summed E-state index contributed by atoms with van der Waals surface area (Å²) < 4.78 is 5.12. The first kappa shape index (κ1) is 14.9. The van der Waals surface area contributed by atoms with Crippen LogP contribution in [-0.4, -0.2) is 19.6 Å². The number of ether oxygens (including phenoxy) is 1. The van der Waals surface area contributed by atoms with Crippen molar-refractivity contribution in [2.75, 3.05) is 19.0 Å². The van der Waals surface area contributed by atoms with Crippen LogP contribution in [0.5, 0.6) is 5.75 Å². The molecule has 110 valence electrons. The van der Waals surface area contributed by atoms with Crippen LogP contribution in [0.1, 0.15) is 18.5 Å². The zero-order valence-corrected chi connectivity index (χ0v) is 12.3. The predicted octanol–water partition coefficient (Wildman–Crippen LogP) is 2.98. The van der Waals surface area contributed by atoms with Crippen LogP contribution in [0, 0.1) is 0 Å². The van der Waals surface area contributed by atoms with E-state index in [1.807, 2.05) is 61.5 Å². The third-order valence-corrected chi connectivity index (χ3v) is 3.22. The number of nitrogens with one attached hydrogen (secondary N) is 2. The first-order valence-corrected chi connectivity index (χ1v) is 6.91. The number of benzene rings is 2. The van der Waals surface area contributed by atoms with Gasteiger partial charge in [-0.3, -0.25) is 4.79 Å². The Labute approximate surface area is 125 Å². The number of hydrogen-bond donors (Lipinski definition) is 2. The van der Waals surface area contributed by atoms with Crippen LogP contribution < -0.4 is 15.4 Å². The van der Waals surface area contributed by atoms with Crippen LogP contribution in [0.3, 0.4) is 0 Å². The van der Waals surface area contributed by atoms with E-state index in [-0.39, 0.29) is 18.5 Å². The van der Waals surface area contributed by atoms with Gasteiger partial charge >= 0.3 is 0 Å². The number of methoxy groups -OCH3 is 1. The fourth-order valence-corrected chi connectivity index (χ4v) is 2.01. The summed E-state index contributed by atoms with van der Waals surface area (Å²) in [6.45, 7) is 2.22. The molecule has 2 aromatic carbocycles. The van der Waals surface area contributed by atoms with Crippen molar-refractivity contribution < 1.29 is 9.53 Å². The van der Waals surface area contributed by atoms with Gasteiger partial charge in [0.25, 0.3) is 0 Å². The van der Waals surface area contributed by atoms with Gasteiger partial charge in [-0.2, -0.15) is 0 Å². The number of anilines is 1. The third kappa shape index (κ3) is 4.53. The van der Waals surface area contributed by atoms with Gasteiger partial charge in [-0.15, -0.1) is 0 Å². The Bertz CT molecular complexity index is 567. The predicted molar refractivity (Wildman–Crippen MR) is 84.5 cm³/mol. The second-order valence-corrected chi connectivity index (χ2v) is 4.78. The quantitative estimate of drug-likeness (QED) is 0.857. The molecule has 0 saturated heterocycles. The molecule has 4 nitrogen and oxygen atoms in total. The van der Waals surface area contributed by atoms with Crippen molar-refractivity contribution in [1.82, 2.24) is 5.32 Å². The van der Waals surface area contributed by atoms with E-state index in [1.165, 1.54) is 0 Å². The Hall–Kier alpha value is -2.49. The van der Waals surface area contributed by atoms with Crippen molar-refractivity contribution in [3.63, 3.8) is 0 Å². The van der Waals surface area contributed by atoms with Gasteiger partial charge in [0.15, 0.2) is 0 Å². The van der Waals surface area contributed by atoms with E-state index in [9.17, 15) is 4.79 Å². The van der Waals surface area contributed by atoms with Gasteiger partial charge in [0, 0.05) is 5.69 Å². The van der Waals surface area contributed by atoms with Crippen molar-refractivity contribution in [2.45, 2.75) is 13.0 Å². The molecule has 0 aliphatic heterocycles. The molecular formula is C17H20N2O2. The molecule has 21 heavy (non-hydrogen) atoms. The van der Waals surface area contributed by atoms with Crippen molar-refractivity contribution in [3.8, 4) is 5.75 Å². The molecular weight excluding hydrogens is 264 g/mol. The summed E-state index contributed by atoms with van der Waals surface area (Å²) in [6, 6.07) is 17.3. The van der Waals surface area contributed by atoms with E-state index in [2.05, 4.69) is 10.6 Å². The molecule has 0 aliphatic carbocycles. The standard InChI is InChI=1S/C17H20N2O2/c1-13(14-8-10-16(21-2)11-9-14)19-17(20)12-18-15-6-4-3-5-7-15/h3-11,13,18H,12H2,1-2H3,(H,19,20)/t13-/m0/s1. The Morgan fingerprint density at radius 1 is 1.10 bits per heavy atom. The maximum atomic E-state index is 11.9. The van der Waals surface area contributed by atoms with Crippen LogP contribution in [0.15, 0.2) is 54.6 Å². The zero-order valence-electron chi connectivity index (χ0n) is 12.3. The highest BCUT2D eigenvalue weighted by atomic mass is 16.5. The molecule has 0 fully saturated rings. The summed E-state index contributed by atoms with van der Waals surface area (Å²) in [7, 11) is 1.63. The third-order valence-electron chi connectivity index (χ3n) is 3.22. The number of carbonyl (C=O) groups is 1. The van der Waals surface area contributed by atoms with E-state index >= 15 is 0 Å². The van der Waals surface area contributed by atoms with Crippen molar-refractivity contribution in [1.29, 1.82) is 0 Å². The lowest BCUT2D eigenvalue weighted by atomic mass is 10.1. The Kier molecular flexibility index (Phi) is 5.21. The highest BCUT2D eigenvalue weighted by molar-refractivity contribution is 5.81.